The van der Waals surface area contributed by atoms with E-state index in [1.165, 1.54) is 4.57 Å². The summed E-state index contributed by atoms with van der Waals surface area (Å²) >= 11 is 0. The third-order valence-electron chi connectivity index (χ3n) is 6.04. The monoisotopic (exact) mass is 431 g/mol. The number of aromatic nitrogens is 3. The predicted octanol–water partition coefficient (Wildman–Crippen LogP) is 3.66. The molecule has 1 aliphatic rings. The number of hydrogen-bond acceptors (Lipinski definition) is 5. The summed E-state index contributed by atoms with van der Waals surface area (Å²) in [6, 6.07) is 15.1. The molecule has 3 heterocycles. The Bertz CT molecular complexity index is 1390. The molecule has 0 saturated carbocycles. The lowest BCUT2D eigenvalue weighted by Gasteiger charge is -2.16. The first-order valence-electron chi connectivity index (χ1n) is 10.9. The molecule has 0 spiro atoms. The Morgan fingerprint density at radius 1 is 1.03 bits per heavy atom. The summed E-state index contributed by atoms with van der Waals surface area (Å²) in [5, 5.41) is 0.505. The number of benzene rings is 2. The number of para-hydroxylation sites is 1. The second-order valence-corrected chi connectivity index (χ2v) is 8.32. The molecule has 0 amide bonds. The summed E-state index contributed by atoms with van der Waals surface area (Å²) in [7, 11) is 0. The molecule has 0 N–H and O–H groups in total. The first-order chi connectivity index (χ1) is 15.5. The molecular formula is C25H25N3O4. The highest BCUT2D eigenvalue weighted by Gasteiger charge is 2.21. The predicted molar refractivity (Wildman–Crippen MR) is 122 cm³/mol. The smallest absolute Gasteiger partial charge is 0.331 e. The van der Waals surface area contributed by atoms with Gasteiger partial charge < -0.3 is 9.15 Å². The average molecular weight is 431 g/mol. The molecule has 1 fully saturated rings. The molecule has 164 valence electrons. The van der Waals surface area contributed by atoms with Crippen LogP contribution in [0.4, 0.5) is 0 Å². The van der Waals surface area contributed by atoms with Crippen molar-refractivity contribution in [1.29, 1.82) is 0 Å². The fraction of sp³-hybridized carbons (Fsp3) is 0.320. The second-order valence-electron chi connectivity index (χ2n) is 8.32. The molecule has 1 saturated heterocycles. The van der Waals surface area contributed by atoms with Gasteiger partial charge in [0.15, 0.2) is 0 Å². The zero-order chi connectivity index (χ0) is 22.2. The Balaban J connectivity index is 1.59. The van der Waals surface area contributed by atoms with E-state index in [4.69, 9.17) is 9.15 Å². The van der Waals surface area contributed by atoms with Crippen molar-refractivity contribution >= 4 is 10.9 Å². The average Bonchev–Trinajstić information content (AvgIpc) is 3.44. The van der Waals surface area contributed by atoms with Crippen LogP contribution in [-0.2, 0) is 17.8 Å². The Hall–Kier alpha value is -3.45. The van der Waals surface area contributed by atoms with Gasteiger partial charge in [-0.1, -0.05) is 29.8 Å². The molecule has 1 aliphatic heterocycles. The lowest BCUT2D eigenvalue weighted by Crippen LogP contribution is -2.42. The molecule has 2 aromatic heterocycles. The van der Waals surface area contributed by atoms with Gasteiger partial charge in [0, 0.05) is 12.2 Å². The largest absolute Gasteiger partial charge is 0.441 e. The van der Waals surface area contributed by atoms with Crippen molar-refractivity contribution in [2.45, 2.75) is 45.9 Å². The SMILES string of the molecule is Cc1ccc(-c2nc(Cn3c(=O)n(C[C@H]4CCCO4)c(=O)c4ccccc43)c(C)o2)cc1. The van der Waals surface area contributed by atoms with Crippen LogP contribution < -0.4 is 11.2 Å². The lowest BCUT2D eigenvalue weighted by molar-refractivity contribution is 0.0948. The van der Waals surface area contributed by atoms with Crippen molar-refractivity contribution in [1.82, 2.24) is 14.1 Å². The van der Waals surface area contributed by atoms with Gasteiger partial charge in [-0.05, 0) is 51.0 Å². The topological polar surface area (TPSA) is 79.3 Å². The zero-order valence-corrected chi connectivity index (χ0v) is 18.2. The molecule has 5 rings (SSSR count). The van der Waals surface area contributed by atoms with Gasteiger partial charge in [-0.15, -0.1) is 0 Å². The summed E-state index contributed by atoms with van der Waals surface area (Å²) in [6.45, 7) is 5.01. The highest BCUT2D eigenvalue weighted by atomic mass is 16.5. The molecular weight excluding hydrogens is 406 g/mol. The van der Waals surface area contributed by atoms with Crippen molar-refractivity contribution in [2.75, 3.05) is 6.61 Å². The van der Waals surface area contributed by atoms with E-state index < -0.39 is 0 Å². The Labute approximate surface area is 184 Å². The summed E-state index contributed by atoms with van der Waals surface area (Å²) in [4.78, 5) is 31.2. The second kappa shape index (κ2) is 8.24. The number of nitrogens with zero attached hydrogens (tertiary/aromatic N) is 3. The van der Waals surface area contributed by atoms with Crippen LogP contribution in [-0.4, -0.2) is 26.8 Å². The van der Waals surface area contributed by atoms with E-state index in [2.05, 4.69) is 4.98 Å². The molecule has 0 bridgehead atoms. The van der Waals surface area contributed by atoms with Gasteiger partial charge in [-0.2, -0.15) is 0 Å². The van der Waals surface area contributed by atoms with Gasteiger partial charge in [0.2, 0.25) is 5.89 Å². The van der Waals surface area contributed by atoms with Gasteiger partial charge in [0.05, 0.1) is 30.1 Å². The van der Waals surface area contributed by atoms with Gasteiger partial charge >= 0.3 is 5.69 Å². The molecule has 7 heteroatoms. The molecule has 0 aliphatic carbocycles. The van der Waals surface area contributed by atoms with Crippen LogP contribution >= 0.6 is 0 Å². The van der Waals surface area contributed by atoms with Crippen LogP contribution in [0.1, 0.15) is 29.9 Å². The molecule has 2 aromatic carbocycles. The highest BCUT2D eigenvalue weighted by molar-refractivity contribution is 5.77. The maximum Gasteiger partial charge on any atom is 0.331 e. The van der Waals surface area contributed by atoms with Crippen molar-refractivity contribution in [3.8, 4) is 11.5 Å². The summed E-state index contributed by atoms with van der Waals surface area (Å²) < 4.78 is 14.5. The maximum atomic E-state index is 13.4. The van der Waals surface area contributed by atoms with E-state index >= 15 is 0 Å². The van der Waals surface area contributed by atoms with Gasteiger partial charge in [-0.3, -0.25) is 13.9 Å². The Morgan fingerprint density at radius 3 is 2.56 bits per heavy atom. The number of fused-ring (bicyclic) bond motifs is 1. The number of aryl methyl sites for hydroxylation is 2. The van der Waals surface area contributed by atoms with Crippen LogP contribution in [0.5, 0.6) is 0 Å². The van der Waals surface area contributed by atoms with Crippen molar-refractivity contribution < 1.29 is 9.15 Å². The van der Waals surface area contributed by atoms with Crippen LogP contribution in [0.2, 0.25) is 0 Å². The summed E-state index contributed by atoms with van der Waals surface area (Å²) in [5.74, 6) is 1.16. The van der Waals surface area contributed by atoms with Crippen LogP contribution in [0.25, 0.3) is 22.4 Å². The summed E-state index contributed by atoms with van der Waals surface area (Å²) in [6.07, 6.45) is 1.68. The number of ether oxygens (including phenoxy) is 1. The minimum absolute atomic E-state index is 0.114. The standard InChI is InChI=1S/C25H25N3O4/c1-16-9-11-18(12-10-16)23-26-21(17(2)32-23)15-27-22-8-4-3-7-20(22)24(29)28(25(27)30)14-19-6-5-13-31-19/h3-4,7-12,19H,5-6,13-15H2,1-2H3/t19-/m1/s1. The van der Waals surface area contributed by atoms with Gasteiger partial charge in [0.25, 0.3) is 5.56 Å². The fourth-order valence-corrected chi connectivity index (χ4v) is 4.22. The van der Waals surface area contributed by atoms with E-state index in [-0.39, 0.29) is 30.4 Å². The number of hydrogen-bond donors (Lipinski definition) is 0. The number of rotatable bonds is 5. The van der Waals surface area contributed by atoms with Crippen LogP contribution in [0.3, 0.4) is 0 Å². The zero-order valence-electron chi connectivity index (χ0n) is 18.2. The lowest BCUT2D eigenvalue weighted by atomic mass is 10.1. The van der Waals surface area contributed by atoms with E-state index in [0.29, 0.717) is 34.9 Å². The highest BCUT2D eigenvalue weighted by Crippen LogP contribution is 2.23. The first-order valence-corrected chi connectivity index (χ1v) is 10.9. The maximum absolute atomic E-state index is 13.4. The molecule has 1 atom stereocenters. The van der Waals surface area contributed by atoms with Crippen LogP contribution in [0.15, 0.2) is 62.5 Å². The first kappa shape index (κ1) is 20.5. The Morgan fingerprint density at radius 2 is 1.81 bits per heavy atom. The third kappa shape index (κ3) is 3.69. The van der Waals surface area contributed by atoms with Crippen molar-refractivity contribution in [3.63, 3.8) is 0 Å². The van der Waals surface area contributed by atoms with Crippen molar-refractivity contribution in [2.24, 2.45) is 0 Å². The molecule has 0 unspecified atom stereocenters. The quantitative estimate of drug-likeness (QED) is 0.482. The van der Waals surface area contributed by atoms with E-state index in [0.717, 1.165) is 24.0 Å². The molecule has 7 nitrogen and oxygen atoms in total. The third-order valence-corrected chi connectivity index (χ3v) is 6.04. The fourth-order valence-electron chi connectivity index (χ4n) is 4.22. The molecule has 4 aromatic rings. The minimum atomic E-state index is -0.358. The normalized spacial score (nSPS) is 16.1. The minimum Gasteiger partial charge on any atom is -0.441 e. The van der Waals surface area contributed by atoms with Crippen molar-refractivity contribution in [3.05, 3.63) is 86.4 Å². The van der Waals surface area contributed by atoms with Gasteiger partial charge in [0.1, 0.15) is 11.5 Å². The molecule has 32 heavy (non-hydrogen) atoms. The van der Waals surface area contributed by atoms with E-state index in [9.17, 15) is 9.59 Å². The van der Waals surface area contributed by atoms with E-state index in [1.807, 2.05) is 50.2 Å². The van der Waals surface area contributed by atoms with Crippen LogP contribution in [0, 0.1) is 13.8 Å². The number of oxazole rings is 1. The molecule has 0 radical (unpaired) electrons. The summed E-state index contributed by atoms with van der Waals surface area (Å²) in [5.41, 5.74) is 2.65. The Kier molecular flexibility index (Phi) is 5.27. The van der Waals surface area contributed by atoms with Gasteiger partial charge in [-0.25, -0.2) is 9.78 Å². The van der Waals surface area contributed by atoms with E-state index in [1.54, 1.807) is 16.7 Å².